The van der Waals surface area contributed by atoms with Gasteiger partial charge in [0, 0.05) is 0 Å². The predicted molar refractivity (Wildman–Crippen MR) is 251 cm³/mol. The fraction of sp³-hybridized carbons (Fsp3) is 0.0526. The molecule has 0 saturated carbocycles. The maximum Gasteiger partial charge on any atom is -0.00926 e. The maximum absolute atomic E-state index is 4.26. The minimum absolute atomic E-state index is 0. The molecule has 0 N–H and O–H groups in total. The van der Waals surface area contributed by atoms with Gasteiger partial charge in [0.05, 0.1) is 0 Å². The first-order chi connectivity index (χ1) is 27.6. The molecule has 276 valence electrons. The summed E-state index contributed by atoms with van der Waals surface area (Å²) in [6.45, 7) is 12.4. The zero-order valence-electron chi connectivity index (χ0n) is 32.0. The summed E-state index contributed by atoms with van der Waals surface area (Å²) in [5.41, 5.74) is 14.2. The lowest BCUT2D eigenvalue weighted by Gasteiger charge is -2.17. The summed E-state index contributed by atoms with van der Waals surface area (Å²) in [4.78, 5) is 0. The highest BCUT2D eigenvalue weighted by atomic mass is 14.2. The lowest BCUT2D eigenvalue weighted by atomic mass is 9.86. The Balaban J connectivity index is 0.00000163. The van der Waals surface area contributed by atoms with E-state index in [2.05, 4.69) is 201 Å². The molecule has 0 fully saturated rings. The Hall–Kier alpha value is -7.02. The van der Waals surface area contributed by atoms with Crippen LogP contribution in [0.15, 0.2) is 213 Å². The Bertz CT molecular complexity index is 2910. The van der Waals surface area contributed by atoms with E-state index in [1.165, 1.54) is 71.6 Å². The monoisotopic (exact) mass is 732 g/mol. The third kappa shape index (κ3) is 7.64. The molecule has 0 heteroatoms. The van der Waals surface area contributed by atoms with Crippen LogP contribution < -0.4 is 10.4 Å². The Labute approximate surface area is 338 Å². The fourth-order valence-electron chi connectivity index (χ4n) is 7.84. The second-order valence-electron chi connectivity index (χ2n) is 13.8. The zero-order valence-corrected chi connectivity index (χ0v) is 32.0. The van der Waals surface area contributed by atoms with Crippen molar-refractivity contribution in [2.24, 2.45) is 0 Å². The topological polar surface area (TPSA) is 0 Å². The smallest absolute Gasteiger partial charge is 0.00926 e. The van der Waals surface area contributed by atoms with Gasteiger partial charge in [-0.15, -0.1) is 0 Å². The molecule has 0 nitrogen and oxygen atoms in total. The molecule has 0 aliphatic heterocycles. The van der Waals surface area contributed by atoms with E-state index in [-0.39, 0.29) is 7.43 Å². The third-order valence-electron chi connectivity index (χ3n) is 10.6. The SMILES string of the molecule is C.C=C/C(c1ccc(-c2cc(-c3ccccc3)c3cc(-c4ccc(-c5cccc6ccccc56)cc4)cc(-c4ccccc4)c3c2)cc1)=c1/ccccc1=C.CC. The van der Waals surface area contributed by atoms with E-state index in [9.17, 15) is 0 Å². The number of benzene rings is 9. The summed E-state index contributed by atoms with van der Waals surface area (Å²) < 4.78 is 0. The second-order valence-corrected chi connectivity index (χ2v) is 13.8. The summed E-state index contributed by atoms with van der Waals surface area (Å²) >= 11 is 0. The van der Waals surface area contributed by atoms with Crippen LogP contribution in [0.25, 0.3) is 89.3 Å². The van der Waals surface area contributed by atoms with Gasteiger partial charge in [-0.1, -0.05) is 216 Å². The molecule has 0 unspecified atom stereocenters. The zero-order chi connectivity index (χ0) is 38.4. The summed E-state index contributed by atoms with van der Waals surface area (Å²) in [5.74, 6) is 0. The van der Waals surface area contributed by atoms with Crippen molar-refractivity contribution in [1.29, 1.82) is 0 Å². The summed E-state index contributed by atoms with van der Waals surface area (Å²) in [5, 5.41) is 7.07. The van der Waals surface area contributed by atoms with Gasteiger partial charge < -0.3 is 0 Å². The molecule has 0 aromatic heterocycles. The standard InChI is InChI=1S/C54H38.C2H6.CH4/c1-3-47(48-22-12-10-15-37(48)2)43-29-25-38(26-30-43)45-33-51(41-16-6-4-7-17-41)54-36-46(34-52(53(54)35-45)42-18-8-5-9-19-42)39-27-31-44(32-28-39)50-24-14-21-40-20-11-13-23-49(40)50;1-2;/h3-36H,1-2H2;1-2H3;1H4/b48-47+;;. The van der Waals surface area contributed by atoms with Crippen molar-refractivity contribution in [3.8, 4) is 55.6 Å². The molecular weight excluding hydrogens is 685 g/mol. The number of hydrogen-bond acceptors (Lipinski definition) is 0. The van der Waals surface area contributed by atoms with Gasteiger partial charge in [0.1, 0.15) is 0 Å². The minimum Gasteiger partial charge on any atom is -0.0984 e. The van der Waals surface area contributed by atoms with Gasteiger partial charge in [0.2, 0.25) is 0 Å². The first-order valence-corrected chi connectivity index (χ1v) is 19.5. The number of allylic oxidation sites excluding steroid dienone is 1. The van der Waals surface area contributed by atoms with Crippen molar-refractivity contribution >= 4 is 33.7 Å². The average molecular weight is 733 g/mol. The van der Waals surface area contributed by atoms with Crippen molar-refractivity contribution in [2.45, 2.75) is 21.3 Å². The molecule has 0 spiro atoms. The van der Waals surface area contributed by atoms with Crippen LogP contribution in [0.2, 0.25) is 0 Å². The summed E-state index contributed by atoms with van der Waals surface area (Å²) in [7, 11) is 0. The molecule has 0 atom stereocenters. The van der Waals surface area contributed by atoms with Crippen molar-refractivity contribution < 1.29 is 0 Å². The van der Waals surface area contributed by atoms with Gasteiger partial charge >= 0.3 is 0 Å². The van der Waals surface area contributed by atoms with Crippen LogP contribution in [-0.2, 0) is 0 Å². The average Bonchev–Trinajstić information content (AvgIpc) is 3.28. The maximum atomic E-state index is 4.26. The van der Waals surface area contributed by atoms with Crippen molar-refractivity contribution in [3.63, 3.8) is 0 Å². The normalized spacial score (nSPS) is 11.3. The van der Waals surface area contributed by atoms with E-state index in [4.69, 9.17) is 0 Å². The first kappa shape index (κ1) is 38.3. The Morgan fingerprint density at radius 3 is 1.40 bits per heavy atom. The van der Waals surface area contributed by atoms with Gasteiger partial charge in [-0.05, 0) is 123 Å². The van der Waals surface area contributed by atoms with E-state index in [1.54, 1.807) is 0 Å². The summed E-state index contributed by atoms with van der Waals surface area (Å²) in [6, 6.07) is 72.4. The Morgan fingerprint density at radius 2 is 0.842 bits per heavy atom. The number of hydrogen-bond donors (Lipinski definition) is 0. The molecule has 9 aromatic rings. The van der Waals surface area contributed by atoms with E-state index in [0.717, 1.165) is 27.1 Å². The predicted octanol–water partition coefficient (Wildman–Crippen LogP) is 14.8. The van der Waals surface area contributed by atoms with Crippen LogP contribution in [0.3, 0.4) is 0 Å². The Kier molecular flexibility index (Phi) is 11.5. The molecule has 0 aliphatic carbocycles. The van der Waals surface area contributed by atoms with Crippen molar-refractivity contribution in [3.05, 3.63) is 229 Å². The first-order valence-electron chi connectivity index (χ1n) is 19.5. The molecular formula is C57H48. The fourth-order valence-corrected chi connectivity index (χ4v) is 7.84. The number of fused-ring (bicyclic) bond motifs is 2. The van der Waals surface area contributed by atoms with Crippen molar-refractivity contribution in [1.82, 2.24) is 0 Å². The van der Waals surface area contributed by atoms with E-state index in [0.29, 0.717) is 0 Å². The van der Waals surface area contributed by atoms with Gasteiger partial charge in [-0.2, -0.15) is 0 Å². The third-order valence-corrected chi connectivity index (χ3v) is 10.6. The highest BCUT2D eigenvalue weighted by Gasteiger charge is 2.16. The molecule has 0 radical (unpaired) electrons. The summed E-state index contributed by atoms with van der Waals surface area (Å²) in [6.07, 6.45) is 1.93. The van der Waals surface area contributed by atoms with Gasteiger partial charge in [0.25, 0.3) is 0 Å². The molecule has 0 heterocycles. The van der Waals surface area contributed by atoms with Crippen LogP contribution in [0, 0.1) is 0 Å². The van der Waals surface area contributed by atoms with E-state index < -0.39 is 0 Å². The molecule has 0 bridgehead atoms. The van der Waals surface area contributed by atoms with E-state index in [1.807, 2.05) is 32.1 Å². The quantitative estimate of drug-likeness (QED) is 0.153. The molecule has 9 rings (SSSR count). The van der Waals surface area contributed by atoms with Crippen LogP contribution in [0.1, 0.15) is 26.8 Å². The van der Waals surface area contributed by atoms with Crippen LogP contribution >= 0.6 is 0 Å². The van der Waals surface area contributed by atoms with Crippen LogP contribution in [0.5, 0.6) is 0 Å². The van der Waals surface area contributed by atoms with Crippen molar-refractivity contribution in [2.75, 3.05) is 0 Å². The van der Waals surface area contributed by atoms with Gasteiger partial charge in [-0.25, -0.2) is 0 Å². The van der Waals surface area contributed by atoms with Crippen LogP contribution in [0.4, 0.5) is 0 Å². The highest BCUT2D eigenvalue weighted by molar-refractivity contribution is 6.09. The van der Waals surface area contributed by atoms with E-state index >= 15 is 0 Å². The lowest BCUT2D eigenvalue weighted by molar-refractivity contribution is 1.48. The molecule has 0 saturated heterocycles. The molecule has 0 aliphatic rings. The van der Waals surface area contributed by atoms with Gasteiger partial charge in [0.15, 0.2) is 0 Å². The second kappa shape index (κ2) is 17.2. The Morgan fingerprint density at radius 1 is 0.386 bits per heavy atom. The van der Waals surface area contributed by atoms with Crippen LogP contribution in [-0.4, -0.2) is 0 Å². The van der Waals surface area contributed by atoms with Gasteiger partial charge in [-0.3, -0.25) is 0 Å². The molecule has 0 amide bonds. The molecule has 57 heavy (non-hydrogen) atoms. The molecule has 9 aromatic carbocycles. The largest absolute Gasteiger partial charge is 0.0984 e. The lowest BCUT2D eigenvalue weighted by Crippen LogP contribution is -2.24. The minimum atomic E-state index is 0. The highest BCUT2D eigenvalue weighted by Crippen LogP contribution is 2.42. The number of rotatable bonds is 7.